The zero-order valence-electron chi connectivity index (χ0n) is 16.9. The van der Waals surface area contributed by atoms with E-state index in [2.05, 4.69) is 35.0 Å². The average Bonchev–Trinajstić information content (AvgIpc) is 3.01. The molecule has 3 aromatic rings. The van der Waals surface area contributed by atoms with Gasteiger partial charge in [-0.15, -0.1) is 0 Å². The quantitative estimate of drug-likeness (QED) is 0.272. The minimum Gasteiger partial charge on any atom is -0.488 e. The van der Waals surface area contributed by atoms with Crippen LogP contribution in [0.1, 0.15) is 22.3 Å². The van der Waals surface area contributed by atoms with Crippen LogP contribution in [-0.2, 0) is 17.9 Å². The Morgan fingerprint density at radius 1 is 1.03 bits per heavy atom. The molecule has 31 heavy (non-hydrogen) atoms. The van der Waals surface area contributed by atoms with Crippen LogP contribution >= 0.6 is 39.9 Å². The summed E-state index contributed by atoms with van der Waals surface area (Å²) in [6, 6.07) is 23.9. The smallest absolute Gasteiger partial charge is 0.266 e. The average molecular weight is 510 g/mol. The fraction of sp³-hybridized carbons (Fsp3) is 0.120. The molecule has 1 amide bonds. The van der Waals surface area contributed by atoms with E-state index in [-0.39, 0.29) is 5.91 Å². The Morgan fingerprint density at radius 2 is 1.81 bits per heavy atom. The van der Waals surface area contributed by atoms with Crippen LogP contribution in [0.3, 0.4) is 0 Å². The monoisotopic (exact) mass is 509 g/mol. The number of carbonyl (C=O) groups is 1. The third-order valence-electron chi connectivity index (χ3n) is 4.79. The van der Waals surface area contributed by atoms with Crippen molar-refractivity contribution in [1.82, 2.24) is 4.90 Å². The van der Waals surface area contributed by atoms with Gasteiger partial charge in [-0.1, -0.05) is 100 Å². The zero-order valence-corrected chi connectivity index (χ0v) is 20.1. The molecule has 1 fully saturated rings. The summed E-state index contributed by atoms with van der Waals surface area (Å²) < 4.78 is 7.58. The fourth-order valence-corrected chi connectivity index (χ4v) is 4.89. The Labute approximate surface area is 200 Å². The van der Waals surface area contributed by atoms with Crippen molar-refractivity contribution in [3.8, 4) is 5.75 Å². The van der Waals surface area contributed by atoms with Gasteiger partial charge in [0.25, 0.3) is 5.91 Å². The third kappa shape index (κ3) is 5.45. The van der Waals surface area contributed by atoms with Gasteiger partial charge in [0.05, 0.1) is 11.4 Å². The largest absolute Gasteiger partial charge is 0.488 e. The summed E-state index contributed by atoms with van der Waals surface area (Å²) in [5.74, 6) is 0.640. The number of thioether (sulfide) groups is 1. The van der Waals surface area contributed by atoms with Gasteiger partial charge in [0.1, 0.15) is 16.7 Å². The van der Waals surface area contributed by atoms with Gasteiger partial charge in [0.2, 0.25) is 0 Å². The van der Waals surface area contributed by atoms with E-state index >= 15 is 0 Å². The second kappa shape index (κ2) is 9.81. The highest BCUT2D eigenvalue weighted by Crippen LogP contribution is 2.36. The van der Waals surface area contributed by atoms with Crippen molar-refractivity contribution in [2.75, 3.05) is 0 Å². The van der Waals surface area contributed by atoms with Crippen molar-refractivity contribution in [2.45, 2.75) is 20.1 Å². The van der Waals surface area contributed by atoms with Crippen molar-refractivity contribution < 1.29 is 9.53 Å². The molecular weight excluding hydrogens is 490 g/mol. The van der Waals surface area contributed by atoms with Crippen molar-refractivity contribution in [1.29, 1.82) is 0 Å². The van der Waals surface area contributed by atoms with E-state index in [4.69, 9.17) is 17.0 Å². The van der Waals surface area contributed by atoms with Gasteiger partial charge in [-0.05, 0) is 42.3 Å². The Hall–Kier alpha value is -2.41. The number of nitrogens with zero attached hydrogens (tertiary/aromatic N) is 1. The predicted molar refractivity (Wildman–Crippen MR) is 135 cm³/mol. The highest BCUT2D eigenvalue weighted by atomic mass is 79.9. The summed E-state index contributed by atoms with van der Waals surface area (Å²) in [7, 11) is 0. The molecule has 1 aliphatic heterocycles. The lowest BCUT2D eigenvalue weighted by Gasteiger charge is -2.14. The molecule has 0 radical (unpaired) electrons. The van der Waals surface area contributed by atoms with Crippen molar-refractivity contribution in [2.24, 2.45) is 0 Å². The molecule has 0 N–H and O–H groups in total. The lowest BCUT2D eigenvalue weighted by atomic mass is 10.1. The van der Waals surface area contributed by atoms with Crippen molar-refractivity contribution in [3.05, 3.63) is 104 Å². The summed E-state index contributed by atoms with van der Waals surface area (Å²) in [5, 5.41) is 0. The highest BCUT2D eigenvalue weighted by molar-refractivity contribution is 9.10. The molecule has 0 aliphatic carbocycles. The van der Waals surface area contributed by atoms with Gasteiger partial charge in [-0.2, -0.15) is 0 Å². The van der Waals surface area contributed by atoms with E-state index in [0.717, 1.165) is 26.9 Å². The van der Waals surface area contributed by atoms with Gasteiger partial charge in [0.15, 0.2) is 0 Å². The molecule has 4 rings (SSSR count). The number of rotatable bonds is 6. The molecule has 0 spiro atoms. The molecule has 3 nitrogen and oxygen atoms in total. The molecule has 0 atom stereocenters. The predicted octanol–water partition coefficient (Wildman–Crippen LogP) is 6.74. The van der Waals surface area contributed by atoms with Crippen molar-refractivity contribution >= 4 is 56.2 Å². The van der Waals surface area contributed by atoms with E-state index in [1.165, 1.54) is 17.3 Å². The first-order valence-electron chi connectivity index (χ1n) is 9.77. The Morgan fingerprint density at radius 3 is 2.58 bits per heavy atom. The number of amides is 1. The SMILES string of the molecule is Cc1cccc(COc2ccc(Br)cc2/C=C2/SC(=S)N(Cc3ccccc3)C2=O)c1. The van der Waals surface area contributed by atoms with Crippen molar-refractivity contribution in [3.63, 3.8) is 0 Å². The van der Waals surface area contributed by atoms with Crippen LogP contribution in [0, 0.1) is 6.92 Å². The lowest BCUT2D eigenvalue weighted by molar-refractivity contribution is -0.122. The standard InChI is InChI=1S/C25H20BrNO2S2/c1-17-6-5-9-19(12-17)16-29-22-11-10-21(26)13-20(22)14-23-24(28)27(25(30)31-23)15-18-7-3-2-4-8-18/h2-14H,15-16H2,1H3/b23-14+. The van der Waals surface area contributed by atoms with Crippen LogP contribution in [-0.4, -0.2) is 15.1 Å². The number of carbonyl (C=O) groups excluding carboxylic acids is 1. The molecule has 0 aromatic heterocycles. The first kappa shape index (κ1) is 21.8. The van der Waals surface area contributed by atoms with E-state index < -0.39 is 0 Å². The minimum atomic E-state index is -0.0801. The second-order valence-electron chi connectivity index (χ2n) is 7.21. The van der Waals surface area contributed by atoms with Gasteiger partial charge < -0.3 is 4.74 Å². The van der Waals surface area contributed by atoms with E-state index in [1.807, 2.05) is 66.7 Å². The minimum absolute atomic E-state index is 0.0801. The number of hydrogen-bond donors (Lipinski definition) is 0. The molecular formula is C25H20BrNO2S2. The topological polar surface area (TPSA) is 29.5 Å². The second-order valence-corrected chi connectivity index (χ2v) is 9.80. The molecule has 156 valence electrons. The molecule has 6 heteroatoms. The number of thiocarbonyl (C=S) groups is 1. The lowest BCUT2D eigenvalue weighted by Crippen LogP contribution is -2.27. The number of halogens is 1. The third-order valence-corrected chi connectivity index (χ3v) is 6.66. The first-order chi connectivity index (χ1) is 15.0. The van der Waals surface area contributed by atoms with Gasteiger partial charge in [-0.25, -0.2) is 0 Å². The zero-order chi connectivity index (χ0) is 21.8. The number of ether oxygens (including phenoxy) is 1. The maximum absolute atomic E-state index is 13.0. The molecule has 0 saturated carbocycles. The van der Waals surface area contributed by atoms with E-state index in [9.17, 15) is 4.79 Å². The van der Waals surface area contributed by atoms with Gasteiger partial charge in [0, 0.05) is 10.0 Å². The van der Waals surface area contributed by atoms with Gasteiger partial charge >= 0.3 is 0 Å². The number of aryl methyl sites for hydroxylation is 1. The van der Waals surface area contributed by atoms with Crippen LogP contribution in [0.15, 0.2) is 82.2 Å². The summed E-state index contributed by atoms with van der Waals surface area (Å²) in [6.07, 6.45) is 1.86. The molecule has 0 bridgehead atoms. The maximum atomic E-state index is 13.0. The maximum Gasteiger partial charge on any atom is 0.266 e. The molecule has 3 aromatic carbocycles. The summed E-state index contributed by atoms with van der Waals surface area (Å²) in [4.78, 5) is 15.3. The Kier molecular flexibility index (Phi) is 6.90. The Bertz CT molecular complexity index is 1160. The first-order valence-corrected chi connectivity index (χ1v) is 11.8. The highest BCUT2D eigenvalue weighted by Gasteiger charge is 2.32. The molecule has 1 heterocycles. The van der Waals surface area contributed by atoms with Crippen LogP contribution in [0.25, 0.3) is 6.08 Å². The molecule has 1 aliphatic rings. The normalized spacial score (nSPS) is 15.0. The summed E-state index contributed by atoms with van der Waals surface area (Å²) >= 11 is 10.3. The number of benzene rings is 3. The molecule has 1 saturated heterocycles. The molecule has 0 unspecified atom stereocenters. The van der Waals surface area contributed by atoms with Crippen LogP contribution in [0.5, 0.6) is 5.75 Å². The summed E-state index contributed by atoms with van der Waals surface area (Å²) in [6.45, 7) is 2.99. The fourth-order valence-electron chi connectivity index (χ4n) is 3.27. The number of hydrogen-bond acceptors (Lipinski definition) is 4. The Balaban J connectivity index is 1.55. The van der Waals surface area contributed by atoms with E-state index in [1.54, 1.807) is 4.90 Å². The van der Waals surface area contributed by atoms with Crippen LogP contribution in [0.4, 0.5) is 0 Å². The summed E-state index contributed by atoms with van der Waals surface area (Å²) in [5.41, 5.74) is 4.18. The van der Waals surface area contributed by atoms with Crippen LogP contribution in [0.2, 0.25) is 0 Å². The van der Waals surface area contributed by atoms with E-state index in [0.29, 0.717) is 22.4 Å². The van der Waals surface area contributed by atoms with Gasteiger partial charge in [-0.3, -0.25) is 9.69 Å². The van der Waals surface area contributed by atoms with Crippen LogP contribution < -0.4 is 4.74 Å².